The van der Waals surface area contributed by atoms with Gasteiger partial charge in [0.25, 0.3) is 5.91 Å². The molecule has 0 saturated carbocycles. The van der Waals surface area contributed by atoms with Gasteiger partial charge in [0.2, 0.25) is 5.89 Å². The molecule has 1 amide bonds. The van der Waals surface area contributed by atoms with Crippen LogP contribution in [0.4, 0.5) is 0 Å². The van der Waals surface area contributed by atoms with Gasteiger partial charge in [-0.3, -0.25) is 4.79 Å². The van der Waals surface area contributed by atoms with E-state index in [2.05, 4.69) is 10.3 Å². The second-order valence-electron chi connectivity index (χ2n) is 6.04. The zero-order valence-electron chi connectivity index (χ0n) is 16.1. The minimum absolute atomic E-state index is 0.0846. The molecule has 0 fully saturated rings. The number of likely N-dealkylation sites (N-methyl/N-ethyl adjacent to an activating group) is 1. The molecule has 1 aromatic heterocycles. The van der Waals surface area contributed by atoms with Gasteiger partial charge in [-0.1, -0.05) is 48.0 Å². The SMILES string of the molecule is CCNC(=O)COc1ccc(/C=C(\Cl)c2ncc(-c3ccccc3)o2)cc1OC. The summed E-state index contributed by atoms with van der Waals surface area (Å²) in [5, 5.41) is 3.03. The van der Waals surface area contributed by atoms with Crippen LogP contribution in [0.3, 0.4) is 0 Å². The fourth-order valence-corrected chi connectivity index (χ4v) is 2.83. The molecule has 0 radical (unpaired) electrons. The predicted molar refractivity (Wildman–Crippen MR) is 113 cm³/mol. The van der Waals surface area contributed by atoms with Gasteiger partial charge >= 0.3 is 0 Å². The Morgan fingerprint density at radius 3 is 2.72 bits per heavy atom. The molecule has 7 heteroatoms. The van der Waals surface area contributed by atoms with Crippen molar-refractivity contribution in [2.24, 2.45) is 0 Å². The van der Waals surface area contributed by atoms with Gasteiger partial charge < -0.3 is 19.2 Å². The lowest BCUT2D eigenvalue weighted by Gasteiger charge is -2.11. The van der Waals surface area contributed by atoms with Crippen LogP contribution in [-0.2, 0) is 4.79 Å². The van der Waals surface area contributed by atoms with Crippen LogP contribution in [0.2, 0.25) is 0 Å². The molecule has 0 unspecified atom stereocenters. The van der Waals surface area contributed by atoms with Gasteiger partial charge in [0, 0.05) is 12.1 Å². The number of halogens is 1. The lowest BCUT2D eigenvalue weighted by Crippen LogP contribution is -2.28. The number of nitrogens with one attached hydrogen (secondary N) is 1. The molecular formula is C22H21ClN2O4. The number of amides is 1. The van der Waals surface area contributed by atoms with Gasteiger partial charge in [0.15, 0.2) is 23.9 Å². The predicted octanol–water partition coefficient (Wildman–Crippen LogP) is 4.60. The van der Waals surface area contributed by atoms with Gasteiger partial charge in [-0.15, -0.1) is 0 Å². The first kappa shape index (κ1) is 20.5. The molecule has 0 spiro atoms. The van der Waals surface area contributed by atoms with Crippen molar-refractivity contribution in [3.63, 3.8) is 0 Å². The molecule has 0 saturated heterocycles. The van der Waals surface area contributed by atoms with Crippen molar-refractivity contribution in [2.45, 2.75) is 6.92 Å². The molecule has 6 nitrogen and oxygen atoms in total. The molecule has 0 aliphatic rings. The number of nitrogens with zero attached hydrogens (tertiary/aromatic N) is 1. The average molecular weight is 413 g/mol. The summed E-state index contributed by atoms with van der Waals surface area (Å²) in [4.78, 5) is 15.8. The maximum absolute atomic E-state index is 11.6. The highest BCUT2D eigenvalue weighted by atomic mass is 35.5. The van der Waals surface area contributed by atoms with Crippen molar-refractivity contribution in [3.05, 3.63) is 66.2 Å². The molecular weight excluding hydrogens is 392 g/mol. The number of hydrogen-bond donors (Lipinski definition) is 1. The van der Waals surface area contributed by atoms with Crippen molar-refractivity contribution in [1.82, 2.24) is 10.3 Å². The summed E-state index contributed by atoms with van der Waals surface area (Å²) in [7, 11) is 1.53. The highest BCUT2D eigenvalue weighted by molar-refractivity contribution is 6.50. The zero-order valence-corrected chi connectivity index (χ0v) is 16.9. The fourth-order valence-electron chi connectivity index (χ4n) is 2.61. The van der Waals surface area contributed by atoms with Gasteiger partial charge in [-0.05, 0) is 30.7 Å². The lowest BCUT2D eigenvalue weighted by atomic mass is 10.2. The number of carbonyl (C=O) groups excluding carboxylic acids is 1. The Bertz CT molecular complexity index is 999. The van der Waals surface area contributed by atoms with Crippen molar-refractivity contribution in [2.75, 3.05) is 20.3 Å². The molecule has 3 rings (SSSR count). The third-order valence-electron chi connectivity index (χ3n) is 3.98. The number of methoxy groups -OCH3 is 1. The van der Waals surface area contributed by atoms with Crippen molar-refractivity contribution in [3.8, 4) is 22.8 Å². The monoisotopic (exact) mass is 412 g/mol. The van der Waals surface area contributed by atoms with E-state index >= 15 is 0 Å². The summed E-state index contributed by atoms with van der Waals surface area (Å²) in [5.41, 5.74) is 1.70. The summed E-state index contributed by atoms with van der Waals surface area (Å²) in [6, 6.07) is 14.9. The summed E-state index contributed by atoms with van der Waals surface area (Å²) in [6.07, 6.45) is 3.36. The van der Waals surface area contributed by atoms with Crippen LogP contribution in [-0.4, -0.2) is 31.2 Å². The molecule has 0 bridgehead atoms. The minimum Gasteiger partial charge on any atom is -0.493 e. The summed E-state index contributed by atoms with van der Waals surface area (Å²) >= 11 is 6.39. The molecule has 150 valence electrons. The van der Waals surface area contributed by atoms with Gasteiger partial charge in [-0.2, -0.15) is 0 Å². The molecule has 0 atom stereocenters. The Balaban J connectivity index is 1.75. The van der Waals surface area contributed by atoms with E-state index in [1.807, 2.05) is 37.3 Å². The largest absolute Gasteiger partial charge is 0.493 e. The molecule has 1 heterocycles. The summed E-state index contributed by atoms with van der Waals surface area (Å²) in [5.74, 6) is 1.72. The maximum Gasteiger partial charge on any atom is 0.257 e. The first-order valence-electron chi connectivity index (χ1n) is 9.07. The average Bonchev–Trinajstić information content (AvgIpc) is 3.24. The van der Waals surface area contributed by atoms with Crippen LogP contribution in [0, 0.1) is 0 Å². The highest BCUT2D eigenvalue weighted by Gasteiger charge is 2.11. The first-order chi connectivity index (χ1) is 14.1. The quantitative estimate of drug-likeness (QED) is 0.585. The Labute approximate surface area is 174 Å². The second kappa shape index (κ2) is 9.80. The standard InChI is InChI=1S/C22H21ClN2O4/c1-3-24-21(26)14-28-18-10-9-15(12-19(18)27-2)11-17(23)22-25-13-20(29-22)16-7-5-4-6-8-16/h4-13H,3,14H2,1-2H3,(H,24,26)/b17-11-. The first-order valence-corrected chi connectivity index (χ1v) is 9.45. The topological polar surface area (TPSA) is 73.6 Å². The minimum atomic E-state index is -0.195. The Kier molecular flexibility index (Phi) is 6.92. The van der Waals surface area contributed by atoms with Gasteiger partial charge in [0.05, 0.1) is 13.3 Å². The van der Waals surface area contributed by atoms with Crippen LogP contribution in [0.1, 0.15) is 18.4 Å². The fraction of sp³-hybridized carbons (Fsp3) is 0.182. The number of benzene rings is 2. The number of carbonyl (C=O) groups is 1. The van der Waals surface area contributed by atoms with Crippen LogP contribution in [0.15, 0.2) is 59.1 Å². The van der Waals surface area contributed by atoms with Gasteiger partial charge in [0.1, 0.15) is 5.03 Å². The molecule has 0 aliphatic carbocycles. The van der Waals surface area contributed by atoms with E-state index in [0.29, 0.717) is 34.7 Å². The Morgan fingerprint density at radius 1 is 1.21 bits per heavy atom. The van der Waals surface area contributed by atoms with Crippen LogP contribution < -0.4 is 14.8 Å². The smallest absolute Gasteiger partial charge is 0.257 e. The van der Waals surface area contributed by atoms with Gasteiger partial charge in [-0.25, -0.2) is 4.98 Å². The van der Waals surface area contributed by atoms with E-state index in [1.54, 1.807) is 30.5 Å². The third-order valence-corrected chi connectivity index (χ3v) is 4.25. The normalized spacial score (nSPS) is 11.2. The lowest BCUT2D eigenvalue weighted by molar-refractivity contribution is -0.123. The summed E-state index contributed by atoms with van der Waals surface area (Å²) in [6.45, 7) is 2.31. The van der Waals surface area contributed by atoms with Crippen molar-refractivity contribution < 1.29 is 18.7 Å². The number of hydrogen-bond acceptors (Lipinski definition) is 5. The molecule has 3 aromatic rings. The molecule has 29 heavy (non-hydrogen) atoms. The highest BCUT2D eigenvalue weighted by Crippen LogP contribution is 2.31. The molecule has 1 N–H and O–H groups in total. The molecule has 2 aromatic carbocycles. The number of ether oxygens (including phenoxy) is 2. The third kappa shape index (κ3) is 5.39. The van der Waals surface area contributed by atoms with E-state index in [4.69, 9.17) is 25.5 Å². The summed E-state index contributed by atoms with van der Waals surface area (Å²) < 4.78 is 16.6. The second-order valence-corrected chi connectivity index (χ2v) is 6.45. The Morgan fingerprint density at radius 2 is 2.00 bits per heavy atom. The van der Waals surface area contributed by atoms with Crippen molar-refractivity contribution >= 4 is 28.6 Å². The number of rotatable bonds is 8. The van der Waals surface area contributed by atoms with E-state index < -0.39 is 0 Å². The van der Waals surface area contributed by atoms with E-state index in [-0.39, 0.29) is 12.5 Å². The van der Waals surface area contributed by atoms with Crippen LogP contribution in [0.5, 0.6) is 11.5 Å². The Hall–Kier alpha value is -3.25. The van der Waals surface area contributed by atoms with Crippen LogP contribution in [0.25, 0.3) is 22.4 Å². The molecule has 0 aliphatic heterocycles. The maximum atomic E-state index is 11.6. The number of oxazole rings is 1. The van der Waals surface area contributed by atoms with E-state index in [9.17, 15) is 4.79 Å². The number of aromatic nitrogens is 1. The van der Waals surface area contributed by atoms with Crippen LogP contribution >= 0.6 is 11.6 Å². The zero-order chi connectivity index (χ0) is 20.6. The van der Waals surface area contributed by atoms with E-state index in [0.717, 1.165) is 11.1 Å². The van der Waals surface area contributed by atoms with E-state index in [1.165, 1.54) is 7.11 Å². The van der Waals surface area contributed by atoms with Crippen molar-refractivity contribution in [1.29, 1.82) is 0 Å².